The molecule has 26 heavy (non-hydrogen) atoms. The molecule has 0 aliphatic heterocycles. The molecule has 1 heterocycles. The van der Waals surface area contributed by atoms with Crippen molar-refractivity contribution in [2.75, 3.05) is 26.0 Å². The van der Waals surface area contributed by atoms with E-state index in [1.807, 2.05) is 0 Å². The lowest BCUT2D eigenvalue weighted by Gasteiger charge is -2.11. The normalized spacial score (nSPS) is 11.0. The Morgan fingerprint density at radius 3 is 2.62 bits per heavy atom. The number of nitrogens with one attached hydrogen (secondary N) is 2. The van der Waals surface area contributed by atoms with E-state index in [1.165, 1.54) is 7.11 Å². The van der Waals surface area contributed by atoms with E-state index >= 15 is 0 Å². The van der Waals surface area contributed by atoms with Gasteiger partial charge >= 0.3 is 0 Å². The van der Waals surface area contributed by atoms with E-state index in [1.54, 1.807) is 48.8 Å². The van der Waals surface area contributed by atoms with Crippen LogP contribution in [0.4, 0.5) is 0 Å². The number of pyridine rings is 1. The number of para-hydroxylation sites is 2. The maximum absolute atomic E-state index is 11.9. The smallest absolute Gasteiger partial charge is 0.257 e. The lowest BCUT2D eigenvalue weighted by atomic mass is 10.3. The molecular weight excluding hydrogens is 358 g/mol. The molecule has 0 spiro atoms. The Balaban J connectivity index is 1.70. The van der Waals surface area contributed by atoms with Gasteiger partial charge in [0.05, 0.1) is 12.9 Å². The van der Waals surface area contributed by atoms with Crippen LogP contribution in [0.3, 0.4) is 0 Å². The second kappa shape index (κ2) is 9.73. The zero-order valence-electron chi connectivity index (χ0n) is 14.3. The Morgan fingerprint density at radius 2 is 1.92 bits per heavy atom. The predicted octanol–water partition coefficient (Wildman–Crippen LogP) is 0.705. The van der Waals surface area contributed by atoms with Crippen molar-refractivity contribution in [3.8, 4) is 11.5 Å². The van der Waals surface area contributed by atoms with Crippen molar-refractivity contribution in [3.63, 3.8) is 0 Å². The Bertz CT molecular complexity index is 812. The van der Waals surface area contributed by atoms with E-state index in [2.05, 4.69) is 15.0 Å². The summed E-state index contributed by atoms with van der Waals surface area (Å²) < 4.78 is 36.8. The van der Waals surface area contributed by atoms with Crippen LogP contribution in [-0.4, -0.2) is 45.3 Å². The molecule has 1 aromatic heterocycles. The van der Waals surface area contributed by atoms with E-state index in [9.17, 15) is 13.2 Å². The van der Waals surface area contributed by atoms with Gasteiger partial charge in [-0.2, -0.15) is 0 Å². The van der Waals surface area contributed by atoms with E-state index in [0.717, 1.165) is 5.56 Å². The first-order valence-corrected chi connectivity index (χ1v) is 9.54. The SMILES string of the molecule is COc1ccccc1OCC(=O)NCCS(=O)(=O)NCc1cccnc1. The maximum Gasteiger partial charge on any atom is 0.257 e. The lowest BCUT2D eigenvalue weighted by Crippen LogP contribution is -2.36. The second-order valence-corrected chi connectivity index (χ2v) is 7.22. The standard InChI is InChI=1S/C17H21N3O5S/c1-24-15-6-2-3-7-16(15)25-13-17(21)19-9-10-26(22,23)20-12-14-5-4-8-18-11-14/h2-8,11,20H,9-10,12-13H2,1H3,(H,19,21). The molecule has 0 fully saturated rings. The van der Waals surface area contributed by atoms with E-state index < -0.39 is 15.9 Å². The molecule has 2 aromatic rings. The third-order valence-electron chi connectivity index (χ3n) is 3.34. The lowest BCUT2D eigenvalue weighted by molar-refractivity contribution is -0.122. The molecule has 140 valence electrons. The van der Waals surface area contributed by atoms with Crippen molar-refractivity contribution in [2.24, 2.45) is 0 Å². The molecule has 0 radical (unpaired) electrons. The van der Waals surface area contributed by atoms with Gasteiger partial charge in [-0.3, -0.25) is 9.78 Å². The summed E-state index contributed by atoms with van der Waals surface area (Å²) in [5, 5.41) is 2.51. The number of aromatic nitrogens is 1. The minimum atomic E-state index is -3.51. The quantitative estimate of drug-likeness (QED) is 0.630. The Hall–Kier alpha value is -2.65. The van der Waals surface area contributed by atoms with Crippen molar-refractivity contribution in [1.29, 1.82) is 0 Å². The average molecular weight is 379 g/mol. The highest BCUT2D eigenvalue weighted by Gasteiger charge is 2.12. The highest BCUT2D eigenvalue weighted by atomic mass is 32.2. The molecule has 9 heteroatoms. The van der Waals surface area contributed by atoms with Gasteiger partial charge in [0.25, 0.3) is 5.91 Å². The van der Waals surface area contributed by atoms with Gasteiger partial charge in [-0.05, 0) is 23.8 Å². The largest absolute Gasteiger partial charge is 0.493 e. The van der Waals surface area contributed by atoms with Gasteiger partial charge in [0.15, 0.2) is 18.1 Å². The number of ether oxygens (including phenoxy) is 2. The molecule has 0 atom stereocenters. The molecule has 0 saturated heterocycles. The summed E-state index contributed by atoms with van der Waals surface area (Å²) in [6.07, 6.45) is 3.19. The van der Waals surface area contributed by atoms with E-state index in [0.29, 0.717) is 11.5 Å². The van der Waals surface area contributed by atoms with Crippen LogP contribution < -0.4 is 19.5 Å². The summed E-state index contributed by atoms with van der Waals surface area (Å²) >= 11 is 0. The highest BCUT2D eigenvalue weighted by molar-refractivity contribution is 7.89. The monoisotopic (exact) mass is 379 g/mol. The third kappa shape index (κ3) is 6.69. The number of benzene rings is 1. The fourth-order valence-electron chi connectivity index (χ4n) is 2.03. The first-order chi connectivity index (χ1) is 12.5. The fraction of sp³-hybridized carbons (Fsp3) is 0.294. The van der Waals surface area contributed by atoms with Crippen LogP contribution in [0.5, 0.6) is 11.5 Å². The van der Waals surface area contributed by atoms with Crippen LogP contribution in [0.1, 0.15) is 5.56 Å². The molecule has 8 nitrogen and oxygen atoms in total. The summed E-state index contributed by atoms with van der Waals surface area (Å²) in [5.74, 6) is 0.310. The summed E-state index contributed by atoms with van der Waals surface area (Å²) in [7, 11) is -2.00. The molecule has 2 rings (SSSR count). The first-order valence-electron chi connectivity index (χ1n) is 7.89. The maximum atomic E-state index is 11.9. The number of nitrogens with zero attached hydrogens (tertiary/aromatic N) is 1. The molecule has 0 unspecified atom stereocenters. The molecule has 1 amide bonds. The van der Waals surface area contributed by atoms with Crippen molar-refractivity contribution in [2.45, 2.75) is 6.54 Å². The average Bonchev–Trinajstić information content (AvgIpc) is 2.66. The third-order valence-corrected chi connectivity index (χ3v) is 4.67. The first kappa shape index (κ1) is 19.7. The summed E-state index contributed by atoms with van der Waals surface area (Å²) in [4.78, 5) is 15.7. The Morgan fingerprint density at radius 1 is 1.15 bits per heavy atom. The van der Waals surface area contributed by atoms with Crippen molar-refractivity contribution in [1.82, 2.24) is 15.0 Å². The zero-order chi connectivity index (χ0) is 18.8. The van der Waals surface area contributed by atoms with Crippen LogP contribution in [-0.2, 0) is 21.4 Å². The number of hydrogen-bond donors (Lipinski definition) is 2. The van der Waals surface area contributed by atoms with Crippen molar-refractivity contribution >= 4 is 15.9 Å². The fourth-order valence-corrected chi connectivity index (χ4v) is 2.93. The predicted molar refractivity (Wildman–Crippen MR) is 96.4 cm³/mol. The minimum absolute atomic E-state index is 0.0174. The number of carbonyl (C=O) groups is 1. The molecule has 0 bridgehead atoms. The van der Waals surface area contributed by atoms with Crippen LogP contribution in [0, 0.1) is 0 Å². The topological polar surface area (TPSA) is 107 Å². The molecule has 0 aliphatic rings. The number of hydrogen-bond acceptors (Lipinski definition) is 6. The number of sulfonamides is 1. The van der Waals surface area contributed by atoms with Crippen LogP contribution >= 0.6 is 0 Å². The van der Waals surface area contributed by atoms with Crippen molar-refractivity contribution < 1.29 is 22.7 Å². The highest BCUT2D eigenvalue weighted by Crippen LogP contribution is 2.25. The van der Waals surface area contributed by atoms with Crippen LogP contribution in [0.15, 0.2) is 48.8 Å². The van der Waals surface area contributed by atoms with Crippen LogP contribution in [0.2, 0.25) is 0 Å². The Labute approximate surface area is 152 Å². The van der Waals surface area contributed by atoms with Gasteiger partial charge in [-0.15, -0.1) is 0 Å². The zero-order valence-corrected chi connectivity index (χ0v) is 15.2. The minimum Gasteiger partial charge on any atom is -0.493 e. The number of carbonyl (C=O) groups excluding carboxylic acids is 1. The van der Waals surface area contributed by atoms with E-state index in [-0.39, 0.29) is 25.4 Å². The van der Waals surface area contributed by atoms with Gasteiger partial charge < -0.3 is 14.8 Å². The molecule has 1 aromatic carbocycles. The second-order valence-electron chi connectivity index (χ2n) is 5.29. The van der Waals surface area contributed by atoms with Gasteiger partial charge in [-0.25, -0.2) is 13.1 Å². The van der Waals surface area contributed by atoms with Gasteiger partial charge in [0, 0.05) is 25.5 Å². The molecule has 2 N–H and O–H groups in total. The van der Waals surface area contributed by atoms with Crippen molar-refractivity contribution in [3.05, 3.63) is 54.4 Å². The Kier molecular flexibility index (Phi) is 7.37. The van der Waals surface area contributed by atoms with E-state index in [4.69, 9.17) is 9.47 Å². The summed E-state index contributed by atoms with van der Waals surface area (Å²) in [5.41, 5.74) is 0.755. The number of methoxy groups -OCH3 is 1. The molecule has 0 aliphatic carbocycles. The number of amides is 1. The van der Waals surface area contributed by atoms with Gasteiger partial charge in [0.2, 0.25) is 10.0 Å². The molecule has 0 saturated carbocycles. The summed E-state index contributed by atoms with van der Waals surface area (Å²) in [6, 6.07) is 10.4. The summed E-state index contributed by atoms with van der Waals surface area (Å²) in [6.45, 7) is -0.0962. The number of rotatable bonds is 10. The van der Waals surface area contributed by atoms with Gasteiger partial charge in [0.1, 0.15) is 0 Å². The van der Waals surface area contributed by atoms with Crippen LogP contribution in [0.25, 0.3) is 0 Å². The van der Waals surface area contributed by atoms with Gasteiger partial charge in [-0.1, -0.05) is 18.2 Å². The molecular formula is C17H21N3O5S.